The highest BCUT2D eigenvalue weighted by Gasteiger charge is 2.17. The van der Waals surface area contributed by atoms with Crippen LogP contribution >= 0.6 is 0 Å². The van der Waals surface area contributed by atoms with Crippen molar-refractivity contribution in [3.8, 4) is 23.0 Å². The highest BCUT2D eigenvalue weighted by Crippen LogP contribution is 2.33. The van der Waals surface area contributed by atoms with Crippen molar-refractivity contribution in [3.63, 3.8) is 0 Å². The first-order chi connectivity index (χ1) is 11.0. The molecule has 2 aromatic rings. The minimum atomic E-state index is -1.18. The molecule has 0 saturated heterocycles. The molecule has 2 aromatic carbocycles. The van der Waals surface area contributed by atoms with E-state index in [4.69, 9.17) is 9.47 Å². The van der Waals surface area contributed by atoms with E-state index in [9.17, 15) is 20.1 Å². The van der Waals surface area contributed by atoms with Crippen LogP contribution in [0.4, 0.5) is 0 Å². The predicted molar refractivity (Wildman–Crippen MR) is 84.8 cm³/mol. The zero-order valence-electron chi connectivity index (χ0n) is 12.6. The van der Waals surface area contributed by atoms with Gasteiger partial charge in [-0.05, 0) is 30.3 Å². The lowest BCUT2D eigenvalue weighted by atomic mass is 10.0. The van der Waals surface area contributed by atoms with E-state index in [-0.39, 0.29) is 22.6 Å². The van der Waals surface area contributed by atoms with Crippen LogP contribution in [0.25, 0.3) is 11.6 Å². The zero-order chi connectivity index (χ0) is 17.0. The van der Waals surface area contributed by atoms with E-state index in [0.29, 0.717) is 17.1 Å². The number of carboxylic acids is 1. The fourth-order valence-electron chi connectivity index (χ4n) is 2.09. The van der Waals surface area contributed by atoms with Gasteiger partial charge >= 0.3 is 5.97 Å². The van der Waals surface area contributed by atoms with E-state index in [0.717, 1.165) is 6.07 Å². The molecule has 0 saturated carbocycles. The first kappa shape index (κ1) is 16.2. The van der Waals surface area contributed by atoms with E-state index in [1.165, 1.54) is 32.4 Å². The molecule has 0 aromatic heterocycles. The molecule has 0 bridgehead atoms. The Morgan fingerprint density at radius 1 is 1.04 bits per heavy atom. The normalized spacial score (nSPS) is 11.1. The summed E-state index contributed by atoms with van der Waals surface area (Å²) < 4.78 is 10.3. The maximum atomic E-state index is 11.6. The van der Waals surface area contributed by atoms with Crippen LogP contribution < -0.4 is 9.47 Å². The number of benzene rings is 2. The molecule has 2 rings (SSSR count). The van der Waals surface area contributed by atoms with Gasteiger partial charge in [0.15, 0.2) is 0 Å². The first-order valence-electron chi connectivity index (χ1n) is 6.65. The molecule has 23 heavy (non-hydrogen) atoms. The summed E-state index contributed by atoms with van der Waals surface area (Å²) in [6, 6.07) is 8.67. The van der Waals surface area contributed by atoms with Crippen LogP contribution in [0.2, 0.25) is 0 Å². The summed E-state index contributed by atoms with van der Waals surface area (Å²) in [7, 11) is 2.92. The molecule has 0 spiro atoms. The Labute approximate surface area is 132 Å². The van der Waals surface area contributed by atoms with E-state index in [1.807, 2.05) is 0 Å². The molecule has 0 radical (unpaired) electrons. The smallest absolute Gasteiger partial charge is 0.336 e. The van der Waals surface area contributed by atoms with Crippen LogP contribution in [0, 0.1) is 0 Å². The van der Waals surface area contributed by atoms with Gasteiger partial charge in [0, 0.05) is 23.3 Å². The molecule has 120 valence electrons. The van der Waals surface area contributed by atoms with E-state index in [1.54, 1.807) is 18.2 Å². The van der Waals surface area contributed by atoms with Gasteiger partial charge in [0.1, 0.15) is 23.0 Å². The van der Waals surface area contributed by atoms with E-state index < -0.39 is 5.97 Å². The first-order valence-corrected chi connectivity index (χ1v) is 6.65. The molecule has 0 unspecified atom stereocenters. The summed E-state index contributed by atoms with van der Waals surface area (Å²) in [6.07, 6.45) is 1.31. The molecule has 0 atom stereocenters. The highest BCUT2D eigenvalue weighted by atomic mass is 16.5. The largest absolute Gasteiger partial charge is 0.508 e. The molecule has 6 heteroatoms. The van der Waals surface area contributed by atoms with Crippen LogP contribution in [0.3, 0.4) is 0 Å². The maximum absolute atomic E-state index is 11.6. The Bertz CT molecular complexity index is 764. The molecular weight excluding hydrogens is 300 g/mol. The summed E-state index contributed by atoms with van der Waals surface area (Å²) in [6.45, 7) is 0. The monoisotopic (exact) mass is 316 g/mol. The number of phenolic OH excluding ortho intramolecular Hbond substituents is 2. The number of ether oxygens (including phenoxy) is 2. The van der Waals surface area contributed by atoms with Gasteiger partial charge in [-0.2, -0.15) is 0 Å². The number of phenols is 2. The van der Waals surface area contributed by atoms with Crippen molar-refractivity contribution < 1.29 is 29.6 Å². The van der Waals surface area contributed by atoms with Crippen molar-refractivity contribution in [1.82, 2.24) is 0 Å². The van der Waals surface area contributed by atoms with Crippen molar-refractivity contribution in [1.29, 1.82) is 0 Å². The average Bonchev–Trinajstić information content (AvgIpc) is 2.53. The highest BCUT2D eigenvalue weighted by molar-refractivity contribution is 6.21. The standard InChI is InChI=1S/C17H16O6/c1-22-12-5-6-13(16(9-12)23-2)14(17(20)21)7-10-3-4-11(18)8-15(10)19/h3-9,18-19H,1-2H3,(H,20,21)/b14-7-. The molecule has 0 aliphatic carbocycles. The van der Waals surface area contributed by atoms with Gasteiger partial charge < -0.3 is 24.8 Å². The van der Waals surface area contributed by atoms with Crippen LogP contribution in [0.1, 0.15) is 11.1 Å². The second-order valence-corrected chi connectivity index (χ2v) is 4.67. The number of methoxy groups -OCH3 is 2. The number of rotatable bonds is 5. The van der Waals surface area contributed by atoms with Crippen molar-refractivity contribution in [2.24, 2.45) is 0 Å². The van der Waals surface area contributed by atoms with Gasteiger partial charge in [0.05, 0.1) is 19.8 Å². The molecule has 0 fully saturated rings. The average molecular weight is 316 g/mol. The Kier molecular flexibility index (Phi) is 4.75. The lowest BCUT2D eigenvalue weighted by molar-refractivity contribution is -0.130. The number of aliphatic carboxylic acids is 1. The fourth-order valence-corrected chi connectivity index (χ4v) is 2.09. The van der Waals surface area contributed by atoms with Crippen molar-refractivity contribution in [2.45, 2.75) is 0 Å². The second kappa shape index (κ2) is 6.74. The van der Waals surface area contributed by atoms with E-state index >= 15 is 0 Å². The molecule has 0 aliphatic rings. The van der Waals surface area contributed by atoms with Gasteiger partial charge in [-0.3, -0.25) is 0 Å². The second-order valence-electron chi connectivity index (χ2n) is 4.67. The Balaban J connectivity index is 2.59. The van der Waals surface area contributed by atoms with Crippen LogP contribution in [0.15, 0.2) is 36.4 Å². The van der Waals surface area contributed by atoms with Crippen LogP contribution in [0.5, 0.6) is 23.0 Å². The SMILES string of the molecule is COc1ccc(/C(=C/c2ccc(O)cc2O)C(=O)O)c(OC)c1. The molecule has 3 N–H and O–H groups in total. The van der Waals surface area contributed by atoms with Crippen LogP contribution in [-0.2, 0) is 4.79 Å². The number of hydrogen-bond donors (Lipinski definition) is 3. The molecule has 0 aliphatic heterocycles. The van der Waals surface area contributed by atoms with Gasteiger partial charge in [-0.15, -0.1) is 0 Å². The Morgan fingerprint density at radius 3 is 2.35 bits per heavy atom. The number of carbonyl (C=O) groups is 1. The van der Waals surface area contributed by atoms with Gasteiger partial charge in [-0.25, -0.2) is 4.79 Å². The minimum absolute atomic E-state index is 0.0644. The van der Waals surface area contributed by atoms with Crippen molar-refractivity contribution in [3.05, 3.63) is 47.5 Å². The molecule has 0 heterocycles. The van der Waals surface area contributed by atoms with E-state index in [2.05, 4.69) is 0 Å². The Hall–Kier alpha value is -3.15. The summed E-state index contributed by atoms with van der Waals surface area (Å²) in [5, 5.41) is 28.6. The fraction of sp³-hybridized carbons (Fsp3) is 0.118. The van der Waals surface area contributed by atoms with Crippen molar-refractivity contribution in [2.75, 3.05) is 14.2 Å². The molecule has 0 amide bonds. The predicted octanol–water partition coefficient (Wildman–Crippen LogP) is 2.74. The number of carboxylic acid groups (broad SMARTS) is 1. The maximum Gasteiger partial charge on any atom is 0.336 e. The van der Waals surface area contributed by atoms with Gasteiger partial charge in [-0.1, -0.05) is 0 Å². The third-order valence-corrected chi connectivity index (χ3v) is 3.24. The lowest BCUT2D eigenvalue weighted by Crippen LogP contribution is -2.02. The number of hydrogen-bond acceptors (Lipinski definition) is 5. The third kappa shape index (κ3) is 3.55. The third-order valence-electron chi connectivity index (χ3n) is 3.24. The zero-order valence-corrected chi connectivity index (χ0v) is 12.6. The van der Waals surface area contributed by atoms with Gasteiger partial charge in [0.2, 0.25) is 0 Å². The summed E-state index contributed by atoms with van der Waals surface area (Å²) >= 11 is 0. The lowest BCUT2D eigenvalue weighted by Gasteiger charge is -2.11. The number of aromatic hydroxyl groups is 2. The molecular formula is C17H16O6. The topological polar surface area (TPSA) is 96.2 Å². The van der Waals surface area contributed by atoms with Crippen molar-refractivity contribution >= 4 is 17.6 Å². The Morgan fingerprint density at radius 2 is 1.78 bits per heavy atom. The van der Waals surface area contributed by atoms with Crippen LogP contribution in [-0.4, -0.2) is 35.5 Å². The minimum Gasteiger partial charge on any atom is -0.508 e. The summed E-state index contributed by atoms with van der Waals surface area (Å²) in [5.74, 6) is -0.658. The summed E-state index contributed by atoms with van der Waals surface area (Å²) in [5.41, 5.74) is 0.539. The van der Waals surface area contributed by atoms with Gasteiger partial charge in [0.25, 0.3) is 0 Å². The summed E-state index contributed by atoms with van der Waals surface area (Å²) in [4.78, 5) is 11.6. The quantitative estimate of drug-likeness (QED) is 0.580. The molecule has 6 nitrogen and oxygen atoms in total.